The number of amides is 3. The summed E-state index contributed by atoms with van der Waals surface area (Å²) in [7, 11) is 0. The van der Waals surface area contributed by atoms with E-state index in [1.807, 2.05) is 0 Å². The summed E-state index contributed by atoms with van der Waals surface area (Å²) in [5.41, 5.74) is 6.08. The summed E-state index contributed by atoms with van der Waals surface area (Å²) in [4.78, 5) is 56.1. The van der Waals surface area contributed by atoms with Crippen LogP contribution in [0.1, 0.15) is 122 Å². The minimum absolute atomic E-state index is 0. The second-order valence-electron chi connectivity index (χ2n) is 10.9. The number of nitrogens with one attached hydrogen (secondary N) is 4. The predicted octanol–water partition coefficient (Wildman–Crippen LogP) is 4.15. The van der Waals surface area contributed by atoms with Gasteiger partial charge in [-0.1, -0.05) is 84.0 Å². The van der Waals surface area contributed by atoms with Crippen LogP contribution in [0, 0.1) is 0 Å². The number of unbranched alkanes of at least 4 members (excludes halogenated alkanes) is 13. The average Bonchev–Trinajstić information content (AvgIpc) is 3.46. The molecule has 42 heavy (non-hydrogen) atoms. The Bertz CT molecular complexity index is 855. The third kappa shape index (κ3) is 20.3. The number of carbonyl (C=O) groups excluding carboxylic acids is 3. The van der Waals surface area contributed by atoms with Gasteiger partial charge >= 0.3 is 5.97 Å². The summed E-state index contributed by atoms with van der Waals surface area (Å²) in [6, 6.07) is -2.12. The van der Waals surface area contributed by atoms with Gasteiger partial charge in [0.1, 0.15) is 12.1 Å². The molecule has 12 heteroatoms. The van der Waals surface area contributed by atoms with Gasteiger partial charge in [0.15, 0.2) is 0 Å². The van der Waals surface area contributed by atoms with Gasteiger partial charge in [-0.15, -0.1) is 12.4 Å². The van der Waals surface area contributed by atoms with Crippen LogP contribution in [0.25, 0.3) is 0 Å². The van der Waals surface area contributed by atoms with Crippen molar-refractivity contribution in [3.63, 3.8) is 0 Å². The van der Waals surface area contributed by atoms with Crippen LogP contribution < -0.4 is 21.7 Å². The SMILES string of the molecule is CCCCCCCCCCCCCCCC(=O)NCC(=O)N[C@@H](Cc1cnc[nH]1)C(=O)N[C@@H](CCCCN)C(=O)O.Cl. The Balaban J connectivity index is 0.0000168. The molecule has 11 nitrogen and oxygen atoms in total. The van der Waals surface area contributed by atoms with Gasteiger partial charge in [-0.25, -0.2) is 9.78 Å². The highest BCUT2D eigenvalue weighted by atomic mass is 35.5. The van der Waals surface area contributed by atoms with E-state index in [2.05, 4.69) is 32.8 Å². The van der Waals surface area contributed by atoms with Crippen LogP contribution in [0.4, 0.5) is 0 Å². The molecule has 3 amide bonds. The maximum Gasteiger partial charge on any atom is 0.326 e. The first kappa shape index (κ1) is 39.3. The molecule has 7 N–H and O–H groups in total. The largest absolute Gasteiger partial charge is 0.480 e. The molecule has 1 rings (SSSR count). The van der Waals surface area contributed by atoms with E-state index in [-0.39, 0.29) is 37.7 Å². The van der Waals surface area contributed by atoms with E-state index in [1.165, 1.54) is 76.7 Å². The van der Waals surface area contributed by atoms with Gasteiger partial charge in [0.25, 0.3) is 0 Å². The molecular formula is C30H55ClN6O5. The number of imidazole rings is 1. The van der Waals surface area contributed by atoms with Crippen molar-refractivity contribution in [1.82, 2.24) is 25.9 Å². The first-order valence-electron chi connectivity index (χ1n) is 15.6. The first-order chi connectivity index (χ1) is 19.9. The summed E-state index contributed by atoms with van der Waals surface area (Å²) in [5, 5.41) is 17.2. The Morgan fingerprint density at radius 2 is 1.43 bits per heavy atom. The van der Waals surface area contributed by atoms with Crippen LogP contribution in [-0.4, -0.2) is 63.9 Å². The number of aromatic amines is 1. The molecule has 1 aromatic rings. The number of aliphatic carboxylic acids is 1. The molecule has 0 unspecified atom stereocenters. The molecule has 1 heterocycles. The standard InChI is InChI=1S/C30H54N6O5.ClH/c1-2-3-4-5-6-7-8-9-10-11-12-13-14-18-27(37)33-22-28(38)35-26(20-24-21-32-23-34-24)29(39)36-25(30(40)41)17-15-16-19-31;/h21,23,25-26H,2-20,22,31H2,1H3,(H,32,34)(H,33,37)(H,35,38)(H,36,39)(H,40,41);1H/t25-,26-;/m0./s1. The monoisotopic (exact) mass is 614 g/mol. The molecule has 0 radical (unpaired) electrons. The van der Waals surface area contributed by atoms with E-state index in [9.17, 15) is 24.3 Å². The molecule has 0 fully saturated rings. The minimum atomic E-state index is -1.15. The smallest absolute Gasteiger partial charge is 0.326 e. The number of H-pyrrole nitrogens is 1. The van der Waals surface area contributed by atoms with Gasteiger partial charge in [-0.3, -0.25) is 14.4 Å². The average molecular weight is 615 g/mol. The van der Waals surface area contributed by atoms with Crippen molar-refractivity contribution in [3.05, 3.63) is 18.2 Å². The molecule has 0 aliphatic heterocycles. The molecule has 0 aromatic carbocycles. The van der Waals surface area contributed by atoms with Crippen molar-refractivity contribution in [2.24, 2.45) is 5.73 Å². The number of carboxylic acids is 1. The lowest BCUT2D eigenvalue weighted by Crippen LogP contribution is -2.54. The summed E-state index contributed by atoms with van der Waals surface area (Å²) >= 11 is 0. The van der Waals surface area contributed by atoms with Crippen molar-refractivity contribution in [2.75, 3.05) is 13.1 Å². The first-order valence-corrected chi connectivity index (χ1v) is 15.6. The van der Waals surface area contributed by atoms with E-state index in [0.717, 1.165) is 19.3 Å². The van der Waals surface area contributed by atoms with Crippen LogP contribution >= 0.6 is 12.4 Å². The zero-order valence-electron chi connectivity index (χ0n) is 25.5. The van der Waals surface area contributed by atoms with Gasteiger partial charge in [-0.05, 0) is 32.2 Å². The van der Waals surface area contributed by atoms with E-state index < -0.39 is 29.9 Å². The van der Waals surface area contributed by atoms with Crippen molar-refractivity contribution in [2.45, 2.75) is 135 Å². The zero-order chi connectivity index (χ0) is 30.1. The number of carbonyl (C=O) groups is 4. The summed E-state index contributed by atoms with van der Waals surface area (Å²) in [6.45, 7) is 2.41. The fourth-order valence-corrected chi connectivity index (χ4v) is 4.66. The lowest BCUT2D eigenvalue weighted by atomic mass is 10.0. The number of halogens is 1. The highest BCUT2D eigenvalue weighted by molar-refractivity contribution is 5.92. The topological polar surface area (TPSA) is 179 Å². The lowest BCUT2D eigenvalue weighted by molar-refractivity contribution is -0.142. The summed E-state index contributed by atoms with van der Waals surface area (Å²) < 4.78 is 0. The number of aromatic nitrogens is 2. The van der Waals surface area contributed by atoms with Crippen LogP contribution in [0.3, 0.4) is 0 Å². The third-order valence-electron chi connectivity index (χ3n) is 7.15. The quantitative estimate of drug-likeness (QED) is 0.0848. The van der Waals surface area contributed by atoms with Gasteiger partial charge in [0, 0.05) is 24.7 Å². The molecule has 0 saturated heterocycles. The summed E-state index contributed by atoms with van der Waals surface area (Å²) in [5.74, 6) is -2.50. The molecule has 0 bridgehead atoms. The fraction of sp³-hybridized carbons (Fsp3) is 0.767. The van der Waals surface area contributed by atoms with Gasteiger partial charge < -0.3 is 31.8 Å². The van der Waals surface area contributed by atoms with E-state index in [1.54, 1.807) is 0 Å². The number of carboxylic acid groups (broad SMARTS) is 1. The zero-order valence-corrected chi connectivity index (χ0v) is 26.3. The van der Waals surface area contributed by atoms with Gasteiger partial charge in [0.2, 0.25) is 17.7 Å². The maximum atomic E-state index is 12.9. The Labute approximate surface area is 257 Å². The van der Waals surface area contributed by atoms with E-state index in [4.69, 9.17) is 5.73 Å². The molecule has 1 aromatic heterocycles. The Kier molecular flexibility index (Phi) is 24.4. The van der Waals surface area contributed by atoms with E-state index >= 15 is 0 Å². The molecule has 242 valence electrons. The number of hydrogen-bond acceptors (Lipinski definition) is 6. The minimum Gasteiger partial charge on any atom is -0.480 e. The van der Waals surface area contributed by atoms with Crippen LogP contribution in [0.2, 0.25) is 0 Å². The molecule has 0 aliphatic rings. The number of hydrogen-bond donors (Lipinski definition) is 6. The molecule has 0 aliphatic carbocycles. The Hall–Kier alpha value is -2.66. The number of nitrogens with zero attached hydrogens (tertiary/aromatic N) is 1. The Morgan fingerprint density at radius 3 is 1.95 bits per heavy atom. The number of rotatable bonds is 26. The second-order valence-corrected chi connectivity index (χ2v) is 10.9. The highest BCUT2D eigenvalue weighted by Crippen LogP contribution is 2.13. The van der Waals surface area contributed by atoms with Crippen molar-refractivity contribution >= 4 is 36.1 Å². The third-order valence-corrected chi connectivity index (χ3v) is 7.15. The van der Waals surface area contributed by atoms with Crippen LogP contribution in [0.5, 0.6) is 0 Å². The normalized spacial score (nSPS) is 12.1. The molecule has 0 spiro atoms. The van der Waals surface area contributed by atoms with Crippen molar-refractivity contribution < 1.29 is 24.3 Å². The van der Waals surface area contributed by atoms with Crippen molar-refractivity contribution in [3.8, 4) is 0 Å². The van der Waals surface area contributed by atoms with Crippen LogP contribution in [-0.2, 0) is 25.6 Å². The van der Waals surface area contributed by atoms with Crippen LogP contribution in [0.15, 0.2) is 12.5 Å². The second kappa shape index (κ2) is 26.0. The van der Waals surface area contributed by atoms with Gasteiger partial charge in [0.05, 0.1) is 12.9 Å². The van der Waals surface area contributed by atoms with E-state index in [0.29, 0.717) is 31.5 Å². The molecular weight excluding hydrogens is 560 g/mol. The van der Waals surface area contributed by atoms with Crippen molar-refractivity contribution in [1.29, 1.82) is 0 Å². The lowest BCUT2D eigenvalue weighted by Gasteiger charge is -2.21. The summed E-state index contributed by atoms with van der Waals surface area (Å²) in [6.07, 6.45) is 20.8. The highest BCUT2D eigenvalue weighted by Gasteiger charge is 2.27. The molecule has 0 saturated carbocycles. The predicted molar refractivity (Wildman–Crippen MR) is 167 cm³/mol. The maximum absolute atomic E-state index is 12.9. The number of nitrogens with two attached hydrogens (primary N) is 1. The fourth-order valence-electron chi connectivity index (χ4n) is 4.66. The molecule has 2 atom stereocenters. The Morgan fingerprint density at radius 1 is 0.833 bits per heavy atom. The van der Waals surface area contributed by atoms with Gasteiger partial charge in [-0.2, -0.15) is 0 Å².